The molecule has 0 aliphatic heterocycles. The predicted octanol–water partition coefficient (Wildman–Crippen LogP) is 3.61. The maximum atomic E-state index is 12.6. The zero-order valence-corrected chi connectivity index (χ0v) is 13.3. The molecule has 23 heavy (non-hydrogen) atoms. The Kier molecular flexibility index (Phi) is 4.12. The van der Waals surface area contributed by atoms with E-state index in [-0.39, 0.29) is 12.2 Å². The van der Waals surface area contributed by atoms with Crippen molar-refractivity contribution in [1.82, 2.24) is 4.57 Å². The van der Waals surface area contributed by atoms with Crippen molar-refractivity contribution in [3.63, 3.8) is 0 Å². The van der Waals surface area contributed by atoms with Crippen LogP contribution in [0.1, 0.15) is 21.7 Å². The lowest BCUT2D eigenvalue weighted by Gasteiger charge is -2.06. The molecule has 2 heterocycles. The average Bonchev–Trinajstić information content (AvgIpc) is 3.18. The van der Waals surface area contributed by atoms with Crippen molar-refractivity contribution in [1.29, 1.82) is 0 Å². The van der Waals surface area contributed by atoms with Crippen molar-refractivity contribution in [3.8, 4) is 10.4 Å². The van der Waals surface area contributed by atoms with Gasteiger partial charge >= 0.3 is 5.97 Å². The minimum Gasteiger partial charge on any atom is -0.481 e. The molecule has 1 aromatic carbocycles. The van der Waals surface area contributed by atoms with E-state index in [1.165, 1.54) is 0 Å². The van der Waals surface area contributed by atoms with Crippen LogP contribution in [0.4, 0.5) is 0 Å². The van der Waals surface area contributed by atoms with Gasteiger partial charge in [0, 0.05) is 23.2 Å². The number of rotatable bonds is 5. The van der Waals surface area contributed by atoms with E-state index in [0.717, 1.165) is 10.4 Å². The molecule has 0 radical (unpaired) electrons. The predicted molar refractivity (Wildman–Crippen MR) is 89.9 cm³/mol. The van der Waals surface area contributed by atoms with Crippen LogP contribution in [0.25, 0.3) is 10.4 Å². The molecule has 0 atom stereocenters. The number of aliphatic carboxylic acids is 1. The number of carbonyl (C=O) groups excluding carboxylic acids is 1. The maximum absolute atomic E-state index is 12.6. The molecule has 0 amide bonds. The first-order valence-electron chi connectivity index (χ1n) is 7.11. The zero-order chi connectivity index (χ0) is 16.4. The minimum atomic E-state index is -0.912. The highest BCUT2D eigenvalue weighted by molar-refractivity contribution is 7.13. The van der Waals surface area contributed by atoms with Gasteiger partial charge in [-0.05, 0) is 29.1 Å². The van der Waals surface area contributed by atoms with Crippen LogP contribution in [0.15, 0.2) is 53.9 Å². The van der Waals surface area contributed by atoms with Gasteiger partial charge in [-0.2, -0.15) is 0 Å². The van der Waals surface area contributed by atoms with E-state index in [1.54, 1.807) is 47.2 Å². The fraction of sp³-hybridized carbons (Fsp3) is 0.111. The molecule has 1 N–H and O–H groups in total. The van der Waals surface area contributed by atoms with Crippen molar-refractivity contribution in [3.05, 3.63) is 70.9 Å². The van der Waals surface area contributed by atoms with Crippen LogP contribution < -0.4 is 0 Å². The number of carbonyl (C=O) groups is 2. The Morgan fingerprint density at radius 2 is 1.83 bits per heavy atom. The number of carboxylic acids is 1. The van der Waals surface area contributed by atoms with Crippen LogP contribution in [0.3, 0.4) is 0 Å². The lowest BCUT2D eigenvalue weighted by Crippen LogP contribution is -2.11. The van der Waals surface area contributed by atoms with Gasteiger partial charge in [0.15, 0.2) is 0 Å². The van der Waals surface area contributed by atoms with Crippen LogP contribution in [-0.4, -0.2) is 21.4 Å². The summed E-state index contributed by atoms with van der Waals surface area (Å²) in [5.41, 5.74) is 2.77. The van der Waals surface area contributed by atoms with E-state index in [4.69, 9.17) is 5.11 Å². The Labute approximate surface area is 137 Å². The third-order valence-electron chi connectivity index (χ3n) is 3.74. The van der Waals surface area contributed by atoms with Gasteiger partial charge in [-0.25, -0.2) is 0 Å². The Morgan fingerprint density at radius 3 is 2.43 bits per heavy atom. The second-order valence-corrected chi connectivity index (χ2v) is 6.17. The third-order valence-corrected chi connectivity index (χ3v) is 4.66. The quantitative estimate of drug-likeness (QED) is 0.729. The molecule has 0 aliphatic carbocycles. The summed E-state index contributed by atoms with van der Waals surface area (Å²) in [5, 5.41) is 10.9. The first-order chi connectivity index (χ1) is 11.1. The number of hydrogen-bond donors (Lipinski definition) is 1. The standard InChI is InChI=1S/C18H15NO3S/c1-19-14(11-17(20)21)8-9-15(19)18(22)13-6-4-12(5-7-13)16-3-2-10-23-16/h2-10H,11H2,1H3,(H,20,21). The molecule has 0 saturated heterocycles. The normalized spacial score (nSPS) is 10.7. The molecule has 0 bridgehead atoms. The van der Waals surface area contributed by atoms with Crippen molar-refractivity contribution < 1.29 is 14.7 Å². The smallest absolute Gasteiger partial charge is 0.309 e. The topological polar surface area (TPSA) is 59.3 Å². The number of thiophene rings is 1. The summed E-state index contributed by atoms with van der Waals surface area (Å²) < 4.78 is 1.64. The Morgan fingerprint density at radius 1 is 1.09 bits per heavy atom. The number of ketones is 1. The van der Waals surface area contributed by atoms with Crippen LogP contribution in [-0.2, 0) is 18.3 Å². The molecule has 0 aliphatic rings. The highest BCUT2D eigenvalue weighted by Gasteiger charge is 2.16. The number of carboxylic acid groups (broad SMARTS) is 1. The lowest BCUT2D eigenvalue weighted by atomic mass is 10.1. The SMILES string of the molecule is Cn1c(CC(=O)O)ccc1C(=O)c1ccc(-c2cccs2)cc1. The molecular formula is C18H15NO3S. The summed E-state index contributed by atoms with van der Waals surface area (Å²) in [4.78, 5) is 24.6. The van der Waals surface area contributed by atoms with Crippen molar-refractivity contribution >= 4 is 23.1 Å². The van der Waals surface area contributed by atoms with Crippen LogP contribution in [0.5, 0.6) is 0 Å². The molecule has 3 rings (SSSR count). The molecule has 0 saturated carbocycles. The Bertz CT molecular complexity index is 845. The third kappa shape index (κ3) is 3.10. The summed E-state index contributed by atoms with van der Waals surface area (Å²) in [6, 6.07) is 14.9. The van der Waals surface area contributed by atoms with Crippen molar-refractivity contribution in [2.75, 3.05) is 0 Å². The van der Waals surface area contributed by atoms with E-state index in [9.17, 15) is 9.59 Å². The van der Waals surface area contributed by atoms with E-state index in [0.29, 0.717) is 17.0 Å². The minimum absolute atomic E-state index is 0.0961. The molecule has 4 nitrogen and oxygen atoms in total. The van der Waals surface area contributed by atoms with Crippen molar-refractivity contribution in [2.45, 2.75) is 6.42 Å². The van der Waals surface area contributed by atoms with Gasteiger partial charge < -0.3 is 9.67 Å². The molecule has 5 heteroatoms. The monoisotopic (exact) mass is 325 g/mol. The maximum Gasteiger partial charge on any atom is 0.309 e. The Hall–Kier alpha value is -2.66. The van der Waals surface area contributed by atoms with Gasteiger partial charge in [-0.3, -0.25) is 9.59 Å². The van der Waals surface area contributed by atoms with Crippen molar-refractivity contribution in [2.24, 2.45) is 7.05 Å². The highest BCUT2D eigenvalue weighted by Crippen LogP contribution is 2.25. The molecule has 0 unspecified atom stereocenters. The number of aromatic nitrogens is 1. The lowest BCUT2D eigenvalue weighted by molar-refractivity contribution is -0.136. The first kappa shape index (κ1) is 15.2. The van der Waals surface area contributed by atoms with Gasteiger partial charge in [0.1, 0.15) is 0 Å². The van der Waals surface area contributed by atoms with Gasteiger partial charge in [-0.1, -0.05) is 30.3 Å². The first-order valence-corrected chi connectivity index (χ1v) is 7.99. The van der Waals surface area contributed by atoms with Crippen LogP contribution in [0.2, 0.25) is 0 Å². The largest absolute Gasteiger partial charge is 0.481 e. The second kappa shape index (κ2) is 6.22. The van der Waals surface area contributed by atoms with Gasteiger partial charge in [0.25, 0.3) is 0 Å². The van der Waals surface area contributed by atoms with E-state index >= 15 is 0 Å². The Balaban J connectivity index is 1.86. The second-order valence-electron chi connectivity index (χ2n) is 5.22. The fourth-order valence-corrected chi connectivity index (χ4v) is 3.22. The van der Waals surface area contributed by atoms with Gasteiger partial charge in [0.2, 0.25) is 5.78 Å². The summed E-state index contributed by atoms with van der Waals surface area (Å²) in [7, 11) is 1.71. The molecule has 2 aromatic heterocycles. The summed E-state index contributed by atoms with van der Waals surface area (Å²) >= 11 is 1.65. The molecular weight excluding hydrogens is 310 g/mol. The molecule has 0 spiro atoms. The van der Waals surface area contributed by atoms with Crippen LogP contribution in [0, 0.1) is 0 Å². The van der Waals surface area contributed by atoms with E-state index < -0.39 is 5.97 Å². The van der Waals surface area contributed by atoms with Crippen LogP contribution >= 0.6 is 11.3 Å². The number of nitrogens with zero attached hydrogens (tertiary/aromatic N) is 1. The van der Waals surface area contributed by atoms with Gasteiger partial charge in [-0.15, -0.1) is 11.3 Å². The van der Waals surface area contributed by atoms with E-state index in [1.807, 2.05) is 29.6 Å². The molecule has 3 aromatic rings. The summed E-state index contributed by atoms with van der Waals surface area (Å²) in [6.45, 7) is 0. The molecule has 116 valence electrons. The number of benzene rings is 1. The highest BCUT2D eigenvalue weighted by atomic mass is 32.1. The average molecular weight is 325 g/mol. The van der Waals surface area contributed by atoms with Gasteiger partial charge in [0.05, 0.1) is 12.1 Å². The summed E-state index contributed by atoms with van der Waals surface area (Å²) in [5.74, 6) is -1.02. The molecule has 0 fully saturated rings. The van der Waals surface area contributed by atoms with E-state index in [2.05, 4.69) is 0 Å². The number of hydrogen-bond acceptors (Lipinski definition) is 3. The summed E-state index contributed by atoms with van der Waals surface area (Å²) in [6.07, 6.45) is -0.0961. The zero-order valence-electron chi connectivity index (χ0n) is 12.5. The fourth-order valence-electron chi connectivity index (χ4n) is 2.49.